The van der Waals surface area contributed by atoms with Crippen molar-refractivity contribution in [2.45, 2.75) is 6.92 Å². The number of pyridine rings is 1. The number of non-ortho nitro benzene ring substituents is 1. The summed E-state index contributed by atoms with van der Waals surface area (Å²) in [5.74, 6) is -0.374. The van der Waals surface area contributed by atoms with E-state index in [0.717, 1.165) is 5.69 Å². The van der Waals surface area contributed by atoms with Crippen LogP contribution in [0.2, 0.25) is 0 Å². The van der Waals surface area contributed by atoms with Crippen LogP contribution in [0.3, 0.4) is 0 Å². The summed E-state index contributed by atoms with van der Waals surface area (Å²) >= 11 is 0. The van der Waals surface area contributed by atoms with Crippen molar-refractivity contribution in [3.8, 4) is 0 Å². The number of carbonyl (C=O) groups is 1. The number of rotatable bonds is 4. The average Bonchev–Trinajstić information content (AvgIpc) is 2.48. The number of aromatic nitrogens is 1. The molecule has 0 aliphatic carbocycles. The summed E-state index contributed by atoms with van der Waals surface area (Å²) < 4.78 is 0. The van der Waals surface area contributed by atoms with Crippen LogP contribution in [0.1, 0.15) is 21.6 Å². The highest BCUT2D eigenvalue weighted by molar-refractivity contribution is 5.94. The number of hydrogen-bond acceptors (Lipinski definition) is 5. The van der Waals surface area contributed by atoms with Gasteiger partial charge in [0.05, 0.1) is 16.7 Å². The lowest BCUT2D eigenvalue weighted by atomic mass is 10.2. The molecule has 106 valence electrons. The zero-order valence-corrected chi connectivity index (χ0v) is 11.2. The van der Waals surface area contributed by atoms with Gasteiger partial charge in [0.15, 0.2) is 0 Å². The summed E-state index contributed by atoms with van der Waals surface area (Å²) in [5, 5.41) is 14.3. The van der Waals surface area contributed by atoms with Crippen LogP contribution in [0, 0.1) is 17.0 Å². The molecule has 2 rings (SSSR count). The van der Waals surface area contributed by atoms with Crippen LogP contribution in [-0.2, 0) is 0 Å². The van der Waals surface area contributed by atoms with Crippen LogP contribution in [0.4, 0.5) is 5.69 Å². The third-order valence-corrected chi connectivity index (χ3v) is 2.66. The van der Waals surface area contributed by atoms with E-state index in [1.54, 1.807) is 24.3 Å². The lowest BCUT2D eigenvalue weighted by Gasteiger charge is -1.99. The Morgan fingerprint density at radius 3 is 2.57 bits per heavy atom. The molecule has 0 fully saturated rings. The van der Waals surface area contributed by atoms with Crippen molar-refractivity contribution < 1.29 is 9.72 Å². The Hall–Kier alpha value is -3.09. The standard InChI is InChI=1S/C14H12N4O3/c1-10-2-5-12(9-15-10)14(19)17-16-8-11-3-6-13(7-4-11)18(20)21/h2-9H,1H3,(H,17,19). The molecule has 2 aromatic rings. The van der Waals surface area contributed by atoms with Crippen LogP contribution in [0.15, 0.2) is 47.7 Å². The number of aryl methyl sites for hydroxylation is 1. The van der Waals surface area contributed by atoms with Crippen molar-refractivity contribution in [3.05, 3.63) is 69.5 Å². The van der Waals surface area contributed by atoms with Crippen molar-refractivity contribution in [3.63, 3.8) is 0 Å². The highest BCUT2D eigenvalue weighted by atomic mass is 16.6. The molecule has 0 bridgehead atoms. The maximum absolute atomic E-state index is 11.7. The third-order valence-electron chi connectivity index (χ3n) is 2.66. The number of nitro groups is 1. The first-order valence-electron chi connectivity index (χ1n) is 6.07. The first-order chi connectivity index (χ1) is 10.1. The summed E-state index contributed by atoms with van der Waals surface area (Å²) in [6.45, 7) is 1.83. The van der Waals surface area contributed by atoms with Crippen molar-refractivity contribution in [2.75, 3.05) is 0 Å². The Bertz CT molecular complexity index is 678. The first kappa shape index (κ1) is 14.3. The Kier molecular flexibility index (Phi) is 4.35. The van der Waals surface area contributed by atoms with Gasteiger partial charge in [-0.05, 0) is 36.8 Å². The van der Waals surface area contributed by atoms with E-state index in [-0.39, 0.29) is 11.6 Å². The summed E-state index contributed by atoms with van der Waals surface area (Å²) in [6, 6.07) is 9.20. The number of hydrogen-bond donors (Lipinski definition) is 1. The fraction of sp³-hybridized carbons (Fsp3) is 0.0714. The highest BCUT2D eigenvalue weighted by Crippen LogP contribution is 2.10. The highest BCUT2D eigenvalue weighted by Gasteiger charge is 2.04. The lowest BCUT2D eigenvalue weighted by Crippen LogP contribution is -2.17. The smallest absolute Gasteiger partial charge is 0.267 e. The largest absolute Gasteiger partial charge is 0.272 e. The number of nitrogens with one attached hydrogen (secondary N) is 1. The van der Waals surface area contributed by atoms with Gasteiger partial charge in [0.1, 0.15) is 0 Å². The SMILES string of the molecule is Cc1ccc(C(=O)NN=Cc2ccc([N+](=O)[O-])cc2)cn1. The van der Waals surface area contributed by atoms with E-state index in [1.165, 1.54) is 24.5 Å². The van der Waals surface area contributed by atoms with Gasteiger partial charge in [-0.15, -0.1) is 0 Å². The van der Waals surface area contributed by atoms with Gasteiger partial charge in [-0.3, -0.25) is 19.9 Å². The van der Waals surface area contributed by atoms with Gasteiger partial charge in [-0.25, -0.2) is 5.43 Å². The molecule has 0 radical (unpaired) electrons. The molecule has 7 heteroatoms. The molecule has 0 aliphatic rings. The molecule has 0 spiro atoms. The molecule has 1 amide bonds. The zero-order valence-electron chi connectivity index (χ0n) is 11.2. The van der Waals surface area contributed by atoms with E-state index in [4.69, 9.17) is 0 Å². The van der Waals surface area contributed by atoms with E-state index >= 15 is 0 Å². The Labute approximate surface area is 120 Å². The number of benzene rings is 1. The molecule has 0 atom stereocenters. The van der Waals surface area contributed by atoms with E-state index in [1.807, 2.05) is 6.92 Å². The van der Waals surface area contributed by atoms with Crippen LogP contribution >= 0.6 is 0 Å². The second kappa shape index (κ2) is 6.38. The van der Waals surface area contributed by atoms with Gasteiger partial charge in [0, 0.05) is 24.0 Å². The second-order valence-corrected chi connectivity index (χ2v) is 4.24. The van der Waals surface area contributed by atoms with Gasteiger partial charge in [-0.2, -0.15) is 5.10 Å². The molecule has 21 heavy (non-hydrogen) atoms. The molecule has 1 heterocycles. The molecule has 0 unspecified atom stereocenters. The Morgan fingerprint density at radius 1 is 1.29 bits per heavy atom. The third kappa shape index (κ3) is 3.93. The quantitative estimate of drug-likeness (QED) is 0.528. The Balaban J connectivity index is 1.97. The van der Waals surface area contributed by atoms with Crippen LogP contribution < -0.4 is 5.43 Å². The van der Waals surface area contributed by atoms with Crippen LogP contribution in [-0.4, -0.2) is 22.0 Å². The minimum absolute atomic E-state index is 0.00177. The number of hydrazone groups is 1. The molecule has 7 nitrogen and oxygen atoms in total. The molecule has 0 saturated carbocycles. The van der Waals surface area contributed by atoms with Gasteiger partial charge < -0.3 is 0 Å². The Morgan fingerprint density at radius 2 is 2.00 bits per heavy atom. The molecule has 0 aliphatic heterocycles. The molecule has 1 aromatic carbocycles. The summed E-state index contributed by atoms with van der Waals surface area (Å²) in [6.07, 6.45) is 2.87. The van der Waals surface area contributed by atoms with Gasteiger partial charge in [-0.1, -0.05) is 0 Å². The second-order valence-electron chi connectivity index (χ2n) is 4.24. The van der Waals surface area contributed by atoms with Crippen LogP contribution in [0.5, 0.6) is 0 Å². The van der Waals surface area contributed by atoms with Crippen molar-refractivity contribution in [1.82, 2.24) is 10.4 Å². The minimum Gasteiger partial charge on any atom is -0.267 e. The maximum Gasteiger partial charge on any atom is 0.272 e. The van der Waals surface area contributed by atoms with Crippen molar-refractivity contribution >= 4 is 17.8 Å². The number of nitrogens with zero attached hydrogens (tertiary/aromatic N) is 3. The summed E-state index contributed by atoms with van der Waals surface area (Å²) in [5.41, 5.74) is 4.23. The fourth-order valence-corrected chi connectivity index (χ4v) is 1.51. The predicted octanol–water partition coefficient (Wildman–Crippen LogP) is 2.06. The van der Waals surface area contributed by atoms with Crippen molar-refractivity contribution in [1.29, 1.82) is 0 Å². The topological polar surface area (TPSA) is 97.5 Å². The normalized spacial score (nSPS) is 10.5. The fourth-order valence-electron chi connectivity index (χ4n) is 1.51. The van der Waals surface area contributed by atoms with Gasteiger partial charge in [0.25, 0.3) is 11.6 Å². The zero-order chi connectivity index (χ0) is 15.2. The number of amides is 1. The van der Waals surface area contributed by atoms with E-state index < -0.39 is 4.92 Å². The number of carbonyl (C=O) groups excluding carboxylic acids is 1. The summed E-state index contributed by atoms with van der Waals surface area (Å²) in [7, 11) is 0. The van der Waals surface area contributed by atoms with E-state index in [2.05, 4.69) is 15.5 Å². The maximum atomic E-state index is 11.7. The lowest BCUT2D eigenvalue weighted by molar-refractivity contribution is -0.384. The first-order valence-corrected chi connectivity index (χ1v) is 6.07. The van der Waals surface area contributed by atoms with Gasteiger partial charge >= 0.3 is 0 Å². The average molecular weight is 284 g/mol. The van der Waals surface area contributed by atoms with Crippen LogP contribution in [0.25, 0.3) is 0 Å². The molecule has 0 saturated heterocycles. The van der Waals surface area contributed by atoms with Crippen molar-refractivity contribution in [2.24, 2.45) is 5.10 Å². The molecule has 1 aromatic heterocycles. The van der Waals surface area contributed by atoms with E-state index in [0.29, 0.717) is 11.1 Å². The number of nitro benzene ring substituents is 1. The molecule has 1 N–H and O–H groups in total. The van der Waals surface area contributed by atoms with Gasteiger partial charge in [0.2, 0.25) is 0 Å². The monoisotopic (exact) mass is 284 g/mol. The van der Waals surface area contributed by atoms with E-state index in [9.17, 15) is 14.9 Å². The predicted molar refractivity (Wildman–Crippen MR) is 77.1 cm³/mol. The molecular weight excluding hydrogens is 272 g/mol. The minimum atomic E-state index is -0.479. The molecular formula is C14H12N4O3. The summed E-state index contributed by atoms with van der Waals surface area (Å²) in [4.78, 5) is 25.8.